The van der Waals surface area contributed by atoms with Crippen LogP contribution in [0.2, 0.25) is 0 Å². The molecule has 0 amide bonds. The second-order valence-corrected chi connectivity index (χ2v) is 5.51. The average molecular weight is 329 g/mol. The van der Waals surface area contributed by atoms with E-state index in [4.69, 9.17) is 5.26 Å². The van der Waals surface area contributed by atoms with Gasteiger partial charge in [0.25, 0.3) is 0 Å². The molecule has 4 aromatic rings. The fourth-order valence-corrected chi connectivity index (χ4v) is 2.65. The Morgan fingerprint density at radius 2 is 2.00 bits per heavy atom. The van der Waals surface area contributed by atoms with Crippen LogP contribution < -0.4 is 5.32 Å². The van der Waals surface area contributed by atoms with Crippen LogP contribution in [0, 0.1) is 11.3 Å². The normalized spacial score (nSPS) is 10.7. The number of benzene rings is 1. The maximum Gasteiger partial charge on any atom is 0.180 e. The largest absolute Gasteiger partial charge is 0.337 e. The zero-order chi connectivity index (χ0) is 17.2. The summed E-state index contributed by atoms with van der Waals surface area (Å²) in [7, 11) is 0. The number of nitriles is 1. The van der Waals surface area contributed by atoms with E-state index < -0.39 is 0 Å². The number of nitrogens with zero attached hydrogens (tertiary/aromatic N) is 6. The van der Waals surface area contributed by atoms with Gasteiger partial charge in [0.05, 0.1) is 29.7 Å². The van der Waals surface area contributed by atoms with Crippen LogP contribution in [0.25, 0.3) is 16.9 Å². The maximum absolute atomic E-state index is 8.89. The highest BCUT2D eigenvalue weighted by Crippen LogP contribution is 2.25. The molecule has 1 N–H and O–H groups in total. The molecule has 0 saturated heterocycles. The quantitative estimate of drug-likeness (QED) is 0.621. The molecule has 1 aromatic carbocycles. The summed E-state index contributed by atoms with van der Waals surface area (Å²) in [5.41, 5.74) is 4.16. The lowest BCUT2D eigenvalue weighted by Gasteiger charge is -2.07. The Kier molecular flexibility index (Phi) is 3.63. The molecular weight excluding hydrogens is 314 g/mol. The number of hydrogen-bond acceptors (Lipinski definition) is 5. The lowest BCUT2D eigenvalue weighted by atomic mass is 10.2. The van der Waals surface area contributed by atoms with E-state index in [1.807, 2.05) is 46.0 Å². The van der Waals surface area contributed by atoms with Crippen LogP contribution in [0.3, 0.4) is 0 Å². The van der Waals surface area contributed by atoms with Gasteiger partial charge in [0.2, 0.25) is 0 Å². The lowest BCUT2D eigenvalue weighted by Crippen LogP contribution is -1.98. The van der Waals surface area contributed by atoms with Crippen molar-refractivity contribution >= 4 is 17.2 Å². The molecule has 0 bridgehead atoms. The molecule has 0 spiro atoms. The van der Waals surface area contributed by atoms with Crippen molar-refractivity contribution < 1.29 is 0 Å². The lowest BCUT2D eigenvalue weighted by molar-refractivity contribution is 0.660. The Balaban J connectivity index is 1.72. The number of hydrogen-bond donors (Lipinski definition) is 1. The van der Waals surface area contributed by atoms with E-state index in [1.165, 1.54) is 0 Å². The highest BCUT2D eigenvalue weighted by molar-refractivity contribution is 5.74. The molecule has 0 atom stereocenters. The van der Waals surface area contributed by atoms with Gasteiger partial charge in [0.1, 0.15) is 0 Å². The van der Waals surface area contributed by atoms with Crippen LogP contribution in [0.4, 0.5) is 11.5 Å². The summed E-state index contributed by atoms with van der Waals surface area (Å²) in [6.07, 6.45) is 9.26. The van der Waals surface area contributed by atoms with Crippen molar-refractivity contribution in [3.63, 3.8) is 0 Å². The molecule has 7 heteroatoms. The molecule has 0 aliphatic carbocycles. The van der Waals surface area contributed by atoms with Gasteiger partial charge in [0, 0.05) is 36.4 Å². The monoisotopic (exact) mass is 329 g/mol. The van der Waals surface area contributed by atoms with Crippen molar-refractivity contribution in [2.45, 2.75) is 13.5 Å². The number of imidazole rings is 1. The molecule has 4 rings (SSSR count). The number of aryl methyl sites for hydroxylation is 1. The molecule has 3 aromatic heterocycles. The Morgan fingerprint density at radius 1 is 1.16 bits per heavy atom. The van der Waals surface area contributed by atoms with Gasteiger partial charge < -0.3 is 5.32 Å². The standard InChI is InChI=1S/C18H15N7/c1-2-24-12-14(10-22-24)16-11-21-18-17(20-7-8-25(16)18)23-15-5-3-13(9-19)4-6-15/h3-8,10-12H,2H2,1H3,(H,20,23). The third kappa shape index (κ3) is 2.70. The number of nitrogens with one attached hydrogen (secondary N) is 1. The highest BCUT2D eigenvalue weighted by Gasteiger charge is 2.12. The number of rotatable bonds is 4. The summed E-state index contributed by atoms with van der Waals surface area (Å²) in [6.45, 7) is 2.87. The Bertz CT molecular complexity index is 1070. The van der Waals surface area contributed by atoms with Crippen LogP contribution in [-0.2, 0) is 6.54 Å². The van der Waals surface area contributed by atoms with Crippen LogP contribution in [0.1, 0.15) is 12.5 Å². The van der Waals surface area contributed by atoms with Gasteiger partial charge in [0.15, 0.2) is 11.5 Å². The van der Waals surface area contributed by atoms with E-state index in [2.05, 4.69) is 33.4 Å². The van der Waals surface area contributed by atoms with Crippen LogP contribution >= 0.6 is 0 Å². The van der Waals surface area contributed by atoms with E-state index in [-0.39, 0.29) is 0 Å². The highest BCUT2D eigenvalue weighted by atomic mass is 15.3. The van der Waals surface area contributed by atoms with E-state index in [0.29, 0.717) is 11.4 Å². The summed E-state index contributed by atoms with van der Waals surface area (Å²) in [6, 6.07) is 9.33. The Hall–Kier alpha value is -3.66. The molecule has 25 heavy (non-hydrogen) atoms. The van der Waals surface area contributed by atoms with Gasteiger partial charge in [-0.1, -0.05) is 0 Å². The molecule has 0 unspecified atom stereocenters. The molecule has 7 nitrogen and oxygen atoms in total. The van der Waals surface area contributed by atoms with Gasteiger partial charge in [-0.15, -0.1) is 0 Å². The molecule has 0 aliphatic rings. The van der Waals surface area contributed by atoms with Crippen molar-refractivity contribution in [2.75, 3.05) is 5.32 Å². The molecule has 122 valence electrons. The van der Waals surface area contributed by atoms with Gasteiger partial charge in [-0.05, 0) is 31.2 Å². The number of fused-ring (bicyclic) bond motifs is 1. The number of aromatic nitrogens is 5. The zero-order valence-corrected chi connectivity index (χ0v) is 13.6. The first kappa shape index (κ1) is 14.9. The minimum atomic E-state index is 0.618. The average Bonchev–Trinajstić information content (AvgIpc) is 3.29. The molecule has 0 radical (unpaired) electrons. The summed E-state index contributed by atoms with van der Waals surface area (Å²) in [5, 5.41) is 16.5. The summed E-state index contributed by atoms with van der Waals surface area (Å²) in [5.74, 6) is 0.654. The second-order valence-electron chi connectivity index (χ2n) is 5.51. The van der Waals surface area contributed by atoms with Crippen LogP contribution in [-0.4, -0.2) is 24.1 Å². The van der Waals surface area contributed by atoms with Gasteiger partial charge >= 0.3 is 0 Å². The first-order valence-corrected chi connectivity index (χ1v) is 7.90. The molecule has 3 heterocycles. The Morgan fingerprint density at radius 3 is 2.72 bits per heavy atom. The van der Waals surface area contributed by atoms with Crippen molar-refractivity contribution in [3.05, 3.63) is 60.8 Å². The smallest absolute Gasteiger partial charge is 0.180 e. The van der Waals surface area contributed by atoms with E-state index in [1.54, 1.807) is 18.3 Å². The molecule has 0 saturated carbocycles. The minimum Gasteiger partial charge on any atom is -0.337 e. The summed E-state index contributed by atoms with van der Waals surface area (Å²) in [4.78, 5) is 8.90. The maximum atomic E-state index is 8.89. The Labute approximate surface area is 144 Å². The predicted molar refractivity (Wildman–Crippen MR) is 94.3 cm³/mol. The van der Waals surface area contributed by atoms with Gasteiger partial charge in [-0.2, -0.15) is 10.4 Å². The molecular formula is C18H15N7. The van der Waals surface area contributed by atoms with Gasteiger partial charge in [-0.25, -0.2) is 9.97 Å². The fraction of sp³-hybridized carbons (Fsp3) is 0.111. The number of anilines is 2. The van der Waals surface area contributed by atoms with Gasteiger partial charge in [-0.3, -0.25) is 9.08 Å². The predicted octanol–water partition coefficient (Wildman–Crippen LogP) is 3.23. The van der Waals surface area contributed by atoms with Crippen molar-refractivity contribution in [1.82, 2.24) is 24.1 Å². The molecule has 0 aliphatic heterocycles. The SMILES string of the molecule is CCn1cc(-c2cnc3c(Nc4ccc(C#N)cc4)nccn23)cn1. The van der Waals surface area contributed by atoms with Crippen molar-refractivity contribution in [1.29, 1.82) is 5.26 Å². The van der Waals surface area contributed by atoms with E-state index >= 15 is 0 Å². The molecule has 0 fully saturated rings. The summed E-state index contributed by atoms with van der Waals surface area (Å²) < 4.78 is 3.86. The van der Waals surface area contributed by atoms with E-state index in [0.717, 1.165) is 29.1 Å². The topological polar surface area (TPSA) is 83.8 Å². The fourth-order valence-electron chi connectivity index (χ4n) is 2.65. The van der Waals surface area contributed by atoms with Crippen molar-refractivity contribution in [2.24, 2.45) is 0 Å². The second kappa shape index (κ2) is 6.09. The summed E-state index contributed by atoms with van der Waals surface area (Å²) >= 11 is 0. The minimum absolute atomic E-state index is 0.618. The van der Waals surface area contributed by atoms with E-state index in [9.17, 15) is 0 Å². The first-order valence-electron chi connectivity index (χ1n) is 7.90. The zero-order valence-electron chi connectivity index (χ0n) is 13.6. The third-order valence-electron chi connectivity index (χ3n) is 3.96. The third-order valence-corrected chi connectivity index (χ3v) is 3.96. The first-order chi connectivity index (χ1) is 12.3. The van der Waals surface area contributed by atoms with Crippen molar-refractivity contribution in [3.8, 4) is 17.3 Å². The van der Waals surface area contributed by atoms with Crippen LogP contribution in [0.5, 0.6) is 0 Å². The van der Waals surface area contributed by atoms with Crippen LogP contribution in [0.15, 0.2) is 55.2 Å².